The molecule has 0 fully saturated rings. The molecule has 2 aromatic carbocycles. The van der Waals surface area contributed by atoms with E-state index in [0.29, 0.717) is 6.54 Å². The lowest BCUT2D eigenvalue weighted by molar-refractivity contribution is -0.133. The summed E-state index contributed by atoms with van der Waals surface area (Å²) >= 11 is 1.56. The molecule has 0 aliphatic rings. The standard InChI is InChI=1S/C19H17NO4S/c1-20(11-15-7-4-8-25-15)18(22)12-24-19(23)16-9-13-5-2-3-6-14(13)10-17(16)21/h2-10,21H,11-12H2,1H3. The molecule has 0 atom stereocenters. The number of amides is 1. The first-order chi connectivity index (χ1) is 12.0. The Morgan fingerprint density at radius 2 is 1.84 bits per heavy atom. The van der Waals surface area contributed by atoms with Gasteiger partial charge in [-0.25, -0.2) is 4.79 Å². The van der Waals surface area contributed by atoms with Gasteiger partial charge in [0.25, 0.3) is 5.91 Å². The quantitative estimate of drug-likeness (QED) is 0.712. The van der Waals surface area contributed by atoms with Crippen LogP contribution < -0.4 is 0 Å². The van der Waals surface area contributed by atoms with Crippen molar-refractivity contribution in [3.8, 4) is 5.75 Å². The molecule has 1 aromatic heterocycles. The van der Waals surface area contributed by atoms with Crippen molar-refractivity contribution in [1.82, 2.24) is 4.90 Å². The summed E-state index contributed by atoms with van der Waals surface area (Å²) in [6.07, 6.45) is 0. The minimum absolute atomic E-state index is 0.0485. The first kappa shape index (κ1) is 17.0. The van der Waals surface area contributed by atoms with Gasteiger partial charge in [0.2, 0.25) is 0 Å². The number of phenolic OH excluding ortho intramolecular Hbond substituents is 1. The molecule has 0 saturated carbocycles. The minimum Gasteiger partial charge on any atom is -0.507 e. The van der Waals surface area contributed by atoms with E-state index in [0.717, 1.165) is 15.6 Å². The van der Waals surface area contributed by atoms with Crippen molar-refractivity contribution in [2.75, 3.05) is 13.7 Å². The summed E-state index contributed by atoms with van der Waals surface area (Å²) in [6, 6.07) is 14.3. The molecule has 0 saturated heterocycles. The molecule has 0 aliphatic heterocycles. The van der Waals surface area contributed by atoms with Crippen molar-refractivity contribution in [2.24, 2.45) is 0 Å². The van der Waals surface area contributed by atoms with Gasteiger partial charge in [0.1, 0.15) is 11.3 Å². The van der Waals surface area contributed by atoms with Crippen LogP contribution in [0.3, 0.4) is 0 Å². The number of thiophene rings is 1. The Bertz CT molecular complexity index is 905. The molecule has 0 radical (unpaired) electrons. The third-order valence-corrected chi connectivity index (χ3v) is 4.67. The molecule has 1 amide bonds. The van der Waals surface area contributed by atoms with Gasteiger partial charge in [-0.15, -0.1) is 11.3 Å². The average molecular weight is 355 g/mol. The zero-order valence-corrected chi connectivity index (χ0v) is 14.5. The normalized spacial score (nSPS) is 10.6. The van der Waals surface area contributed by atoms with Crippen LogP contribution in [-0.4, -0.2) is 35.5 Å². The second kappa shape index (κ2) is 7.36. The van der Waals surface area contributed by atoms with Gasteiger partial charge in [0.15, 0.2) is 6.61 Å². The van der Waals surface area contributed by atoms with E-state index in [2.05, 4.69) is 0 Å². The maximum atomic E-state index is 12.2. The maximum absolute atomic E-state index is 12.2. The summed E-state index contributed by atoms with van der Waals surface area (Å²) in [5.74, 6) is -1.19. The van der Waals surface area contributed by atoms with E-state index < -0.39 is 5.97 Å². The Hall–Kier alpha value is -2.86. The molecule has 3 aromatic rings. The number of aromatic hydroxyl groups is 1. The van der Waals surface area contributed by atoms with Gasteiger partial charge < -0.3 is 14.7 Å². The number of esters is 1. The van der Waals surface area contributed by atoms with Gasteiger partial charge in [0.05, 0.1) is 6.54 Å². The van der Waals surface area contributed by atoms with Gasteiger partial charge in [-0.1, -0.05) is 30.3 Å². The molecule has 5 nitrogen and oxygen atoms in total. The van der Waals surface area contributed by atoms with Crippen molar-refractivity contribution in [3.63, 3.8) is 0 Å². The zero-order valence-electron chi connectivity index (χ0n) is 13.6. The number of rotatable bonds is 5. The highest BCUT2D eigenvalue weighted by Gasteiger charge is 2.17. The van der Waals surface area contributed by atoms with Crippen molar-refractivity contribution in [1.29, 1.82) is 0 Å². The Kier molecular flexibility index (Phi) is 5.00. The van der Waals surface area contributed by atoms with Crippen molar-refractivity contribution >= 4 is 34.0 Å². The van der Waals surface area contributed by atoms with Crippen LogP contribution in [-0.2, 0) is 16.1 Å². The number of likely N-dealkylation sites (N-methyl/N-ethyl adjacent to an activating group) is 1. The summed E-state index contributed by atoms with van der Waals surface area (Å²) < 4.78 is 5.07. The van der Waals surface area contributed by atoms with E-state index in [1.165, 1.54) is 11.0 Å². The third kappa shape index (κ3) is 3.97. The molecular formula is C19H17NO4S. The fourth-order valence-corrected chi connectivity index (χ4v) is 3.19. The highest BCUT2D eigenvalue weighted by molar-refractivity contribution is 7.09. The lowest BCUT2D eigenvalue weighted by atomic mass is 10.1. The number of nitrogens with zero attached hydrogens (tertiary/aromatic N) is 1. The molecule has 0 aliphatic carbocycles. The zero-order chi connectivity index (χ0) is 17.8. The Morgan fingerprint density at radius 1 is 1.12 bits per heavy atom. The molecule has 6 heteroatoms. The first-order valence-electron chi connectivity index (χ1n) is 7.70. The molecule has 0 bridgehead atoms. The number of phenols is 1. The molecular weight excluding hydrogens is 338 g/mol. The molecule has 1 heterocycles. The van der Waals surface area contributed by atoms with Crippen LogP contribution in [0.4, 0.5) is 0 Å². The molecule has 0 spiro atoms. The van der Waals surface area contributed by atoms with Gasteiger partial charge in [-0.2, -0.15) is 0 Å². The SMILES string of the molecule is CN(Cc1cccs1)C(=O)COC(=O)c1cc2ccccc2cc1O. The Labute approximate surface area is 149 Å². The van der Waals surface area contributed by atoms with E-state index in [1.807, 2.05) is 41.8 Å². The second-order valence-corrected chi connectivity index (χ2v) is 6.65. The third-order valence-electron chi connectivity index (χ3n) is 3.81. The number of ether oxygens (including phenoxy) is 1. The number of carbonyl (C=O) groups is 2. The smallest absolute Gasteiger partial charge is 0.342 e. The summed E-state index contributed by atoms with van der Waals surface area (Å²) in [5, 5.41) is 13.6. The van der Waals surface area contributed by atoms with Gasteiger partial charge in [-0.05, 0) is 34.4 Å². The average Bonchev–Trinajstić information content (AvgIpc) is 3.11. The fourth-order valence-electron chi connectivity index (χ4n) is 2.43. The van der Waals surface area contributed by atoms with E-state index in [-0.39, 0.29) is 23.8 Å². The summed E-state index contributed by atoms with van der Waals surface area (Å²) in [5.41, 5.74) is 0.0485. The topological polar surface area (TPSA) is 66.8 Å². The van der Waals surface area contributed by atoms with Crippen molar-refractivity contribution in [3.05, 3.63) is 64.4 Å². The van der Waals surface area contributed by atoms with Crippen molar-refractivity contribution in [2.45, 2.75) is 6.54 Å². The Balaban J connectivity index is 1.64. The summed E-state index contributed by atoms with van der Waals surface area (Å²) in [6.45, 7) is 0.0995. The monoisotopic (exact) mass is 355 g/mol. The van der Waals surface area contributed by atoms with Gasteiger partial charge >= 0.3 is 5.97 Å². The van der Waals surface area contributed by atoms with Crippen LogP contribution in [0.1, 0.15) is 15.2 Å². The molecule has 3 rings (SSSR count). The van der Waals surface area contributed by atoms with E-state index in [4.69, 9.17) is 4.74 Å². The molecule has 128 valence electrons. The summed E-state index contributed by atoms with van der Waals surface area (Å²) in [7, 11) is 1.66. The summed E-state index contributed by atoms with van der Waals surface area (Å²) in [4.78, 5) is 26.8. The van der Waals surface area contributed by atoms with E-state index in [1.54, 1.807) is 24.5 Å². The van der Waals surface area contributed by atoms with E-state index in [9.17, 15) is 14.7 Å². The fraction of sp³-hybridized carbons (Fsp3) is 0.158. The molecule has 25 heavy (non-hydrogen) atoms. The number of benzene rings is 2. The number of hydrogen-bond donors (Lipinski definition) is 1. The highest BCUT2D eigenvalue weighted by Crippen LogP contribution is 2.25. The van der Waals surface area contributed by atoms with Gasteiger partial charge in [-0.3, -0.25) is 4.79 Å². The van der Waals surface area contributed by atoms with Crippen LogP contribution in [0.5, 0.6) is 5.75 Å². The minimum atomic E-state index is -0.721. The number of carbonyl (C=O) groups excluding carboxylic acids is 2. The highest BCUT2D eigenvalue weighted by atomic mass is 32.1. The molecule has 0 unspecified atom stereocenters. The second-order valence-electron chi connectivity index (χ2n) is 5.62. The van der Waals surface area contributed by atoms with Crippen molar-refractivity contribution < 1.29 is 19.4 Å². The van der Waals surface area contributed by atoms with Crippen LogP contribution >= 0.6 is 11.3 Å². The predicted octanol–water partition coefficient (Wildman–Crippen LogP) is 3.42. The van der Waals surface area contributed by atoms with Crippen LogP contribution in [0.25, 0.3) is 10.8 Å². The number of hydrogen-bond acceptors (Lipinski definition) is 5. The molecule has 1 N–H and O–H groups in total. The lowest BCUT2D eigenvalue weighted by Gasteiger charge is -2.16. The van der Waals surface area contributed by atoms with E-state index >= 15 is 0 Å². The number of fused-ring (bicyclic) bond motifs is 1. The van der Waals surface area contributed by atoms with Crippen LogP contribution in [0, 0.1) is 0 Å². The van der Waals surface area contributed by atoms with Gasteiger partial charge in [0, 0.05) is 11.9 Å². The first-order valence-corrected chi connectivity index (χ1v) is 8.58. The van der Waals surface area contributed by atoms with Crippen LogP contribution in [0.2, 0.25) is 0 Å². The maximum Gasteiger partial charge on any atom is 0.342 e. The lowest BCUT2D eigenvalue weighted by Crippen LogP contribution is -2.30. The largest absolute Gasteiger partial charge is 0.507 e. The predicted molar refractivity (Wildman–Crippen MR) is 96.7 cm³/mol. The Morgan fingerprint density at radius 3 is 2.52 bits per heavy atom. The van der Waals surface area contributed by atoms with Crippen LogP contribution in [0.15, 0.2) is 53.9 Å².